The van der Waals surface area contributed by atoms with Crippen LogP contribution in [0.3, 0.4) is 0 Å². The normalized spacial score (nSPS) is 17.8. The van der Waals surface area contributed by atoms with Crippen LogP contribution in [0.15, 0.2) is 42.5 Å². The van der Waals surface area contributed by atoms with Gasteiger partial charge in [0.2, 0.25) is 16.0 Å². The van der Waals surface area contributed by atoms with Gasteiger partial charge in [-0.25, -0.2) is 13.4 Å². The number of anilines is 6. The fraction of sp³-hybridized carbons (Fsp3) is 0.407. The van der Waals surface area contributed by atoms with Crippen LogP contribution in [0.2, 0.25) is 0 Å². The highest BCUT2D eigenvalue weighted by Gasteiger charge is 2.36. The molecule has 0 spiro atoms. The second-order valence-electron chi connectivity index (χ2n) is 10.3. The Morgan fingerprint density at radius 3 is 2.39 bits per heavy atom. The fourth-order valence-electron chi connectivity index (χ4n) is 4.72. The molecule has 10 nitrogen and oxygen atoms in total. The van der Waals surface area contributed by atoms with E-state index in [2.05, 4.69) is 49.3 Å². The van der Waals surface area contributed by atoms with Gasteiger partial charge in [-0.15, -0.1) is 0 Å². The molecule has 3 aliphatic rings. The Balaban J connectivity index is 1.20. The first kappa shape index (κ1) is 24.9. The third kappa shape index (κ3) is 5.40. The Labute approximate surface area is 223 Å². The number of sulfonamides is 1. The minimum Gasteiger partial charge on any atom is -0.370 e. The van der Waals surface area contributed by atoms with Crippen LogP contribution in [-0.4, -0.2) is 61.8 Å². The molecule has 3 aromatic rings. The number of aromatic nitrogens is 2. The number of piperazine rings is 1. The van der Waals surface area contributed by atoms with Crippen molar-refractivity contribution in [3.63, 3.8) is 0 Å². The number of fused-ring (bicyclic) bond motifs is 1. The largest absolute Gasteiger partial charge is 0.370 e. The second kappa shape index (κ2) is 10.0. The molecule has 1 aromatic heterocycles. The lowest BCUT2D eigenvalue weighted by Crippen LogP contribution is -2.44. The number of likely N-dealkylation sites (N-methyl/N-ethyl adjacent to an activating group) is 1. The van der Waals surface area contributed by atoms with Gasteiger partial charge in [-0.3, -0.25) is 4.72 Å². The molecular weight excluding hydrogens is 502 g/mol. The predicted molar refractivity (Wildman–Crippen MR) is 150 cm³/mol. The van der Waals surface area contributed by atoms with Gasteiger partial charge in [-0.1, -0.05) is 6.07 Å². The minimum atomic E-state index is -3.35. The molecule has 1 aliphatic carbocycles. The number of nitrogens with one attached hydrogen (secondary N) is 3. The molecule has 0 bridgehead atoms. The van der Waals surface area contributed by atoms with Gasteiger partial charge in [0.1, 0.15) is 5.82 Å². The molecule has 1 saturated carbocycles. The number of hydrogen-bond acceptors (Lipinski definition) is 9. The highest BCUT2D eigenvalue weighted by atomic mass is 32.2. The summed E-state index contributed by atoms with van der Waals surface area (Å²) in [5, 5.41) is 6.41. The molecule has 6 rings (SSSR count). The van der Waals surface area contributed by atoms with Gasteiger partial charge in [-0.2, -0.15) is 4.98 Å². The van der Waals surface area contributed by atoms with Gasteiger partial charge < -0.3 is 25.2 Å². The van der Waals surface area contributed by atoms with Crippen molar-refractivity contribution in [1.82, 2.24) is 14.9 Å². The quantitative estimate of drug-likeness (QED) is 0.395. The molecule has 0 unspecified atom stereocenters. The molecule has 2 aliphatic heterocycles. The molecule has 3 N–H and O–H groups in total. The zero-order chi connectivity index (χ0) is 26.3. The van der Waals surface area contributed by atoms with Crippen molar-refractivity contribution in [2.45, 2.75) is 38.2 Å². The lowest BCUT2D eigenvalue weighted by atomic mass is 10.2. The summed E-state index contributed by atoms with van der Waals surface area (Å²) in [5.41, 5.74) is 6.02. The Kier molecular flexibility index (Phi) is 6.58. The Bertz CT molecular complexity index is 1430. The number of ether oxygens (including phenoxy) is 1. The summed E-state index contributed by atoms with van der Waals surface area (Å²) < 4.78 is 33.4. The number of hydrogen-bond donors (Lipinski definition) is 3. The fourth-order valence-corrected chi connectivity index (χ4v) is 6.17. The zero-order valence-corrected chi connectivity index (χ0v) is 22.5. The number of rotatable bonds is 8. The van der Waals surface area contributed by atoms with E-state index < -0.39 is 10.0 Å². The summed E-state index contributed by atoms with van der Waals surface area (Å²) in [7, 11) is -1.20. The average molecular weight is 536 g/mol. The molecule has 200 valence electrons. The van der Waals surface area contributed by atoms with Crippen LogP contribution in [0.25, 0.3) is 0 Å². The van der Waals surface area contributed by atoms with Crippen molar-refractivity contribution in [2.75, 3.05) is 53.5 Å². The lowest BCUT2D eigenvalue weighted by molar-refractivity contribution is 0.133. The highest BCUT2D eigenvalue weighted by molar-refractivity contribution is 7.93. The van der Waals surface area contributed by atoms with Crippen LogP contribution in [0.4, 0.5) is 34.5 Å². The van der Waals surface area contributed by atoms with Gasteiger partial charge >= 0.3 is 0 Å². The Hall–Kier alpha value is -3.41. The van der Waals surface area contributed by atoms with E-state index in [0.29, 0.717) is 43.5 Å². The average Bonchev–Trinajstić information content (AvgIpc) is 3.66. The third-order valence-corrected chi connectivity index (χ3v) is 9.14. The van der Waals surface area contributed by atoms with Crippen molar-refractivity contribution < 1.29 is 13.2 Å². The van der Waals surface area contributed by atoms with Crippen LogP contribution >= 0.6 is 0 Å². The monoisotopic (exact) mass is 535 g/mol. The molecule has 0 radical (unpaired) electrons. The standard InChI is InChI=1S/C27H33N7O3S/c1-18-3-4-20(15-24(18)32-38(35,36)22-9-10-22)28-26-23-16-37-17-25(23)30-27(31-26)29-19-5-7-21(8-6-19)34-13-11-33(2)12-14-34/h3-8,15,22,32H,9-14,16-17H2,1-2H3,(H2,28,29,30,31). The molecule has 38 heavy (non-hydrogen) atoms. The topological polar surface area (TPSA) is 112 Å². The summed E-state index contributed by atoms with van der Waals surface area (Å²) in [6, 6.07) is 14.0. The smallest absolute Gasteiger partial charge is 0.235 e. The van der Waals surface area contributed by atoms with E-state index in [4.69, 9.17) is 9.72 Å². The number of aryl methyl sites for hydroxylation is 1. The van der Waals surface area contributed by atoms with Crippen molar-refractivity contribution in [3.05, 3.63) is 59.3 Å². The van der Waals surface area contributed by atoms with E-state index in [9.17, 15) is 8.42 Å². The van der Waals surface area contributed by atoms with Crippen LogP contribution < -0.4 is 20.3 Å². The third-order valence-electron chi connectivity index (χ3n) is 7.29. The predicted octanol–water partition coefficient (Wildman–Crippen LogP) is 3.96. The van der Waals surface area contributed by atoms with Gasteiger partial charge in [0.15, 0.2) is 0 Å². The molecule has 0 atom stereocenters. The lowest BCUT2D eigenvalue weighted by Gasteiger charge is -2.34. The summed E-state index contributed by atoms with van der Waals surface area (Å²) in [6.07, 6.45) is 1.43. The molecular formula is C27H33N7O3S. The van der Waals surface area contributed by atoms with E-state index in [1.54, 1.807) is 0 Å². The van der Waals surface area contributed by atoms with Crippen molar-refractivity contribution in [1.29, 1.82) is 0 Å². The maximum atomic E-state index is 12.5. The maximum Gasteiger partial charge on any atom is 0.235 e. The molecule has 0 amide bonds. The van der Waals surface area contributed by atoms with Crippen molar-refractivity contribution in [2.24, 2.45) is 0 Å². The van der Waals surface area contributed by atoms with E-state index >= 15 is 0 Å². The molecule has 3 heterocycles. The second-order valence-corrected chi connectivity index (χ2v) is 12.2. The van der Waals surface area contributed by atoms with Gasteiger partial charge in [0, 0.05) is 48.8 Å². The first-order valence-corrected chi connectivity index (χ1v) is 14.6. The summed E-state index contributed by atoms with van der Waals surface area (Å²) >= 11 is 0. The van der Waals surface area contributed by atoms with E-state index in [1.165, 1.54) is 5.69 Å². The number of benzene rings is 2. The summed E-state index contributed by atoms with van der Waals surface area (Å²) in [5.74, 6) is 1.12. The van der Waals surface area contributed by atoms with Crippen molar-refractivity contribution in [3.8, 4) is 0 Å². The van der Waals surface area contributed by atoms with Gasteiger partial charge in [-0.05, 0) is 68.8 Å². The molecule has 2 fully saturated rings. The van der Waals surface area contributed by atoms with E-state index in [0.717, 1.165) is 54.4 Å². The maximum absolute atomic E-state index is 12.5. The van der Waals surface area contributed by atoms with E-state index in [-0.39, 0.29) is 5.25 Å². The summed E-state index contributed by atoms with van der Waals surface area (Å²) in [4.78, 5) is 14.2. The van der Waals surface area contributed by atoms with Gasteiger partial charge in [0.05, 0.1) is 29.8 Å². The molecule has 11 heteroatoms. The molecule has 1 saturated heterocycles. The Morgan fingerprint density at radius 2 is 1.66 bits per heavy atom. The number of nitrogens with zero attached hydrogens (tertiary/aromatic N) is 4. The van der Waals surface area contributed by atoms with Crippen molar-refractivity contribution >= 4 is 44.5 Å². The van der Waals surface area contributed by atoms with E-state index in [1.807, 2.05) is 37.3 Å². The van der Waals surface area contributed by atoms with Crippen LogP contribution in [0, 0.1) is 6.92 Å². The van der Waals surface area contributed by atoms with Crippen LogP contribution in [-0.2, 0) is 28.0 Å². The summed E-state index contributed by atoms with van der Waals surface area (Å²) in [6.45, 7) is 6.91. The van der Waals surface area contributed by atoms with Crippen LogP contribution in [0.1, 0.15) is 29.7 Å². The first-order valence-electron chi connectivity index (χ1n) is 13.0. The van der Waals surface area contributed by atoms with Crippen LogP contribution in [0.5, 0.6) is 0 Å². The molecule has 2 aromatic carbocycles. The minimum absolute atomic E-state index is 0.287. The van der Waals surface area contributed by atoms with Gasteiger partial charge in [0.25, 0.3) is 0 Å². The zero-order valence-electron chi connectivity index (χ0n) is 21.7. The SMILES string of the molecule is Cc1ccc(Nc2nc(Nc3ccc(N4CCN(C)CC4)cc3)nc3c2COC3)cc1NS(=O)(=O)C1CC1. The first-order chi connectivity index (χ1) is 18.3. The Morgan fingerprint density at radius 1 is 0.921 bits per heavy atom. The highest BCUT2D eigenvalue weighted by Crippen LogP contribution is 2.33.